The number of rotatable bonds is 8. The molecule has 0 unspecified atom stereocenters. The second-order valence-corrected chi connectivity index (χ2v) is 9.26. The highest BCUT2D eigenvalue weighted by molar-refractivity contribution is 7.89. The van der Waals surface area contributed by atoms with Crippen LogP contribution < -0.4 is 9.64 Å². The van der Waals surface area contributed by atoms with Gasteiger partial charge in [-0.15, -0.1) is 0 Å². The van der Waals surface area contributed by atoms with E-state index in [1.165, 1.54) is 55.5 Å². The maximum Gasteiger partial charge on any atom is 0.243 e. The number of anilines is 1. The maximum atomic E-state index is 13.5. The Hall–Kier alpha value is -3.23. The third-order valence-corrected chi connectivity index (χ3v) is 6.89. The van der Waals surface area contributed by atoms with E-state index in [1.807, 2.05) is 18.2 Å². The van der Waals surface area contributed by atoms with Crippen LogP contribution in [0.3, 0.4) is 0 Å². The molecule has 0 radical (unpaired) electrons. The quantitative estimate of drug-likeness (QED) is 0.514. The van der Waals surface area contributed by atoms with Gasteiger partial charge in [0.25, 0.3) is 0 Å². The molecule has 0 aliphatic rings. The van der Waals surface area contributed by atoms with Crippen molar-refractivity contribution in [3.63, 3.8) is 0 Å². The fourth-order valence-electron chi connectivity index (χ4n) is 3.24. The highest BCUT2D eigenvalue weighted by atomic mass is 32.2. The molecule has 3 aromatic rings. The van der Waals surface area contributed by atoms with Crippen molar-refractivity contribution in [2.75, 3.05) is 25.6 Å². The Labute approximate surface area is 187 Å². The molecule has 0 atom stereocenters. The summed E-state index contributed by atoms with van der Waals surface area (Å²) in [4.78, 5) is 14.4. The number of nitrogens with zero attached hydrogens (tertiary/aromatic N) is 2. The van der Waals surface area contributed by atoms with Gasteiger partial charge in [-0.05, 0) is 60.5 Å². The van der Waals surface area contributed by atoms with Crippen LogP contribution in [-0.4, -0.2) is 39.3 Å². The zero-order chi connectivity index (χ0) is 23.3. The molecule has 0 aliphatic heterocycles. The van der Waals surface area contributed by atoms with E-state index in [-0.39, 0.29) is 18.0 Å². The Bertz CT molecular complexity index is 1180. The average Bonchev–Trinajstić information content (AvgIpc) is 2.79. The van der Waals surface area contributed by atoms with E-state index in [0.29, 0.717) is 17.0 Å². The van der Waals surface area contributed by atoms with E-state index in [2.05, 4.69) is 0 Å². The van der Waals surface area contributed by atoms with E-state index in [1.54, 1.807) is 25.1 Å². The van der Waals surface area contributed by atoms with Crippen molar-refractivity contribution in [2.45, 2.75) is 18.4 Å². The molecule has 3 aromatic carbocycles. The Morgan fingerprint density at radius 1 is 1.00 bits per heavy atom. The number of benzene rings is 3. The van der Waals surface area contributed by atoms with Gasteiger partial charge in [-0.3, -0.25) is 4.79 Å². The number of carbonyl (C=O) groups is 1. The Kier molecular flexibility index (Phi) is 7.27. The van der Waals surface area contributed by atoms with Crippen LogP contribution in [0.5, 0.6) is 5.75 Å². The predicted octanol–water partition coefficient (Wildman–Crippen LogP) is 4.00. The number of likely N-dealkylation sites (N-methyl/N-ethyl adjacent to an activating group) is 1. The highest BCUT2D eigenvalue weighted by Crippen LogP contribution is 2.25. The van der Waals surface area contributed by atoms with Crippen molar-refractivity contribution >= 4 is 21.6 Å². The Balaban J connectivity index is 1.93. The van der Waals surface area contributed by atoms with Crippen LogP contribution in [0.1, 0.15) is 11.1 Å². The summed E-state index contributed by atoms with van der Waals surface area (Å²) in [5.74, 6) is -0.287. The highest BCUT2D eigenvalue weighted by Gasteiger charge is 2.29. The van der Waals surface area contributed by atoms with Gasteiger partial charge in [0.1, 0.15) is 11.6 Å². The molecule has 32 heavy (non-hydrogen) atoms. The molecule has 1 amide bonds. The minimum atomic E-state index is -3.99. The molecule has 0 aromatic heterocycles. The van der Waals surface area contributed by atoms with E-state index < -0.39 is 21.7 Å². The molecule has 3 rings (SSSR count). The van der Waals surface area contributed by atoms with Crippen molar-refractivity contribution in [2.24, 2.45) is 0 Å². The number of ether oxygens (including phenoxy) is 1. The van der Waals surface area contributed by atoms with Gasteiger partial charge < -0.3 is 9.64 Å². The average molecular weight is 457 g/mol. The summed E-state index contributed by atoms with van der Waals surface area (Å²) in [5.41, 5.74) is 1.88. The maximum absolute atomic E-state index is 13.5. The fourth-order valence-corrected chi connectivity index (χ4v) is 4.70. The number of halogens is 1. The van der Waals surface area contributed by atoms with Crippen LogP contribution in [0, 0.1) is 12.7 Å². The summed E-state index contributed by atoms with van der Waals surface area (Å²) < 4.78 is 46.6. The van der Waals surface area contributed by atoms with Crippen molar-refractivity contribution in [3.8, 4) is 5.75 Å². The van der Waals surface area contributed by atoms with Crippen LogP contribution in [-0.2, 0) is 21.4 Å². The van der Waals surface area contributed by atoms with Gasteiger partial charge in [-0.25, -0.2) is 12.8 Å². The van der Waals surface area contributed by atoms with Gasteiger partial charge in [0.15, 0.2) is 0 Å². The molecule has 8 heteroatoms. The van der Waals surface area contributed by atoms with Crippen LogP contribution in [0.15, 0.2) is 77.7 Å². The molecule has 6 nitrogen and oxygen atoms in total. The number of amides is 1. The van der Waals surface area contributed by atoms with Crippen LogP contribution in [0.25, 0.3) is 0 Å². The lowest BCUT2D eigenvalue weighted by Gasteiger charge is -2.25. The number of methoxy groups -OCH3 is 1. The molecule has 0 fully saturated rings. The molecular weight excluding hydrogens is 431 g/mol. The molecule has 0 saturated carbocycles. The summed E-state index contributed by atoms with van der Waals surface area (Å²) in [5, 5.41) is 0. The topological polar surface area (TPSA) is 66.9 Å². The van der Waals surface area contributed by atoms with Crippen molar-refractivity contribution in [3.05, 3.63) is 89.7 Å². The van der Waals surface area contributed by atoms with Gasteiger partial charge in [0, 0.05) is 19.3 Å². The summed E-state index contributed by atoms with van der Waals surface area (Å²) in [6.07, 6.45) is 0. The summed E-state index contributed by atoms with van der Waals surface area (Å²) >= 11 is 0. The van der Waals surface area contributed by atoms with Gasteiger partial charge in [-0.1, -0.05) is 30.3 Å². The minimum Gasteiger partial charge on any atom is -0.496 e. The smallest absolute Gasteiger partial charge is 0.243 e. The molecule has 0 spiro atoms. The van der Waals surface area contributed by atoms with E-state index >= 15 is 0 Å². The first-order valence-corrected chi connectivity index (χ1v) is 11.4. The van der Waals surface area contributed by atoms with Crippen molar-refractivity contribution in [1.82, 2.24) is 4.31 Å². The van der Waals surface area contributed by atoms with E-state index in [9.17, 15) is 17.6 Å². The third-order valence-electron chi connectivity index (χ3n) is 5.11. The first-order chi connectivity index (χ1) is 15.2. The van der Waals surface area contributed by atoms with Gasteiger partial charge >= 0.3 is 0 Å². The molecule has 0 N–H and O–H groups in total. The number of hydrogen-bond donors (Lipinski definition) is 0. The number of hydrogen-bond acceptors (Lipinski definition) is 4. The van der Waals surface area contributed by atoms with Crippen LogP contribution in [0.4, 0.5) is 10.1 Å². The SMILES string of the molecule is COc1ccc(S(=O)(=O)N(CC(=O)N(C)c2ccc(F)cc2)Cc2ccccc2)cc1C. The standard InChI is InChI=1S/C24H25FN2O4S/c1-18-15-22(13-14-23(18)31-3)32(29,30)27(16-19-7-5-4-6-8-19)17-24(28)26(2)21-11-9-20(25)10-12-21/h4-15H,16-17H2,1-3H3. The minimum absolute atomic E-state index is 0.0250. The molecule has 0 saturated heterocycles. The Morgan fingerprint density at radius 3 is 2.25 bits per heavy atom. The molecular formula is C24H25FN2O4S. The lowest BCUT2D eigenvalue weighted by Crippen LogP contribution is -2.41. The number of aryl methyl sites for hydroxylation is 1. The lowest BCUT2D eigenvalue weighted by molar-refractivity contribution is -0.118. The van der Waals surface area contributed by atoms with Crippen LogP contribution in [0.2, 0.25) is 0 Å². The van der Waals surface area contributed by atoms with Gasteiger partial charge in [0.2, 0.25) is 15.9 Å². The summed E-state index contributed by atoms with van der Waals surface area (Å²) in [7, 11) is -0.950. The molecule has 0 heterocycles. The monoisotopic (exact) mass is 456 g/mol. The molecule has 0 bridgehead atoms. The lowest BCUT2D eigenvalue weighted by atomic mass is 10.2. The zero-order valence-corrected chi connectivity index (χ0v) is 19.0. The Morgan fingerprint density at radius 2 is 1.66 bits per heavy atom. The first kappa shape index (κ1) is 23.4. The number of carbonyl (C=O) groups excluding carboxylic acids is 1. The normalized spacial score (nSPS) is 11.4. The largest absolute Gasteiger partial charge is 0.496 e. The third kappa shape index (κ3) is 5.33. The summed E-state index contributed by atoms with van der Waals surface area (Å²) in [6.45, 7) is 1.40. The van der Waals surface area contributed by atoms with Crippen LogP contribution >= 0.6 is 0 Å². The van der Waals surface area contributed by atoms with E-state index in [0.717, 1.165) is 9.87 Å². The predicted molar refractivity (Wildman–Crippen MR) is 122 cm³/mol. The molecule has 0 aliphatic carbocycles. The van der Waals surface area contributed by atoms with Crippen molar-refractivity contribution in [1.29, 1.82) is 0 Å². The number of sulfonamides is 1. The first-order valence-electron chi connectivity index (χ1n) is 9.93. The van der Waals surface area contributed by atoms with Crippen molar-refractivity contribution < 1.29 is 22.3 Å². The summed E-state index contributed by atoms with van der Waals surface area (Å²) in [6, 6.07) is 19.1. The zero-order valence-electron chi connectivity index (χ0n) is 18.2. The molecule has 168 valence electrons. The van der Waals surface area contributed by atoms with E-state index in [4.69, 9.17) is 4.74 Å². The second-order valence-electron chi connectivity index (χ2n) is 7.32. The second kappa shape index (κ2) is 9.93. The van der Waals surface area contributed by atoms with Gasteiger partial charge in [0.05, 0.1) is 18.6 Å². The van der Waals surface area contributed by atoms with Gasteiger partial charge in [-0.2, -0.15) is 4.31 Å². The fraction of sp³-hybridized carbons (Fsp3) is 0.208.